The molecule has 1 aromatic rings. The summed E-state index contributed by atoms with van der Waals surface area (Å²) >= 11 is 0. The van der Waals surface area contributed by atoms with Crippen LogP contribution < -0.4 is 11.1 Å². The molecule has 1 heterocycles. The minimum atomic E-state index is 0.0375. The first-order valence-corrected chi connectivity index (χ1v) is 5.48. The minimum absolute atomic E-state index is 0.0375. The van der Waals surface area contributed by atoms with Crippen molar-refractivity contribution in [3.05, 3.63) is 17.8 Å². The summed E-state index contributed by atoms with van der Waals surface area (Å²) in [7, 11) is 0. The number of hydrogen-bond acceptors (Lipinski definition) is 4. The molecule has 0 saturated heterocycles. The van der Waals surface area contributed by atoms with Crippen LogP contribution in [0.25, 0.3) is 0 Å². The number of nitrogens with one attached hydrogen (secondary N) is 1. The predicted molar refractivity (Wildman–Crippen MR) is 63.8 cm³/mol. The van der Waals surface area contributed by atoms with Crippen molar-refractivity contribution in [1.82, 2.24) is 4.98 Å². The van der Waals surface area contributed by atoms with Crippen LogP contribution in [0.15, 0.2) is 12.1 Å². The standard InChI is InChI=1S/C12H16N4/c1-12(2,8-3-4-8)16-11-6-5-9(14)10(7-13)15-11/h5-6,8H,3-4,14H2,1-2H3,(H,15,16). The normalized spacial score (nSPS) is 15.6. The molecule has 0 unspecified atom stereocenters. The molecule has 0 amide bonds. The summed E-state index contributed by atoms with van der Waals surface area (Å²) in [6.45, 7) is 4.32. The summed E-state index contributed by atoms with van der Waals surface area (Å²) in [4.78, 5) is 4.19. The summed E-state index contributed by atoms with van der Waals surface area (Å²) in [6.07, 6.45) is 2.53. The summed E-state index contributed by atoms with van der Waals surface area (Å²) in [5.41, 5.74) is 6.38. The highest BCUT2D eigenvalue weighted by atomic mass is 15.1. The van der Waals surface area contributed by atoms with Gasteiger partial charge in [0, 0.05) is 5.54 Å². The average molecular weight is 216 g/mol. The van der Waals surface area contributed by atoms with E-state index in [1.807, 2.05) is 12.1 Å². The smallest absolute Gasteiger partial charge is 0.165 e. The highest BCUT2D eigenvalue weighted by Crippen LogP contribution is 2.40. The van der Waals surface area contributed by atoms with Gasteiger partial charge in [0.15, 0.2) is 5.69 Å². The minimum Gasteiger partial charge on any atom is -0.396 e. The predicted octanol–water partition coefficient (Wildman–Crippen LogP) is 2.14. The maximum Gasteiger partial charge on any atom is 0.165 e. The van der Waals surface area contributed by atoms with E-state index in [4.69, 9.17) is 11.0 Å². The summed E-state index contributed by atoms with van der Waals surface area (Å²) in [5, 5.41) is 12.2. The SMILES string of the molecule is CC(C)(Nc1ccc(N)c(C#N)n1)C1CC1. The number of hydrogen-bond donors (Lipinski definition) is 2. The molecule has 16 heavy (non-hydrogen) atoms. The summed E-state index contributed by atoms with van der Waals surface area (Å²) < 4.78 is 0. The summed E-state index contributed by atoms with van der Waals surface area (Å²) in [5.74, 6) is 1.43. The largest absolute Gasteiger partial charge is 0.396 e. The topological polar surface area (TPSA) is 74.7 Å². The maximum absolute atomic E-state index is 8.84. The Labute approximate surface area is 95.5 Å². The van der Waals surface area contributed by atoms with E-state index >= 15 is 0 Å². The van der Waals surface area contributed by atoms with Gasteiger partial charge in [0.1, 0.15) is 11.9 Å². The number of nitrogens with zero attached hydrogens (tertiary/aromatic N) is 2. The number of nitriles is 1. The van der Waals surface area contributed by atoms with Gasteiger partial charge in [-0.05, 0) is 44.7 Å². The molecular formula is C12H16N4. The Kier molecular flexibility index (Phi) is 2.47. The molecule has 1 aromatic heterocycles. The second kappa shape index (κ2) is 3.67. The van der Waals surface area contributed by atoms with Gasteiger partial charge in [-0.2, -0.15) is 5.26 Å². The number of aromatic nitrogens is 1. The van der Waals surface area contributed by atoms with E-state index in [1.165, 1.54) is 12.8 Å². The van der Waals surface area contributed by atoms with Crippen LogP contribution >= 0.6 is 0 Å². The van der Waals surface area contributed by atoms with Crippen LogP contribution in [0.1, 0.15) is 32.4 Å². The Bertz CT molecular complexity index is 441. The molecule has 3 N–H and O–H groups in total. The van der Waals surface area contributed by atoms with E-state index in [0.717, 1.165) is 5.82 Å². The quantitative estimate of drug-likeness (QED) is 0.811. The zero-order chi connectivity index (χ0) is 11.8. The molecular weight excluding hydrogens is 200 g/mol. The van der Waals surface area contributed by atoms with E-state index < -0.39 is 0 Å². The molecule has 0 aromatic carbocycles. The molecule has 4 nitrogen and oxygen atoms in total. The Balaban J connectivity index is 2.19. The van der Waals surface area contributed by atoms with Crippen molar-refractivity contribution in [2.45, 2.75) is 32.2 Å². The van der Waals surface area contributed by atoms with Crippen molar-refractivity contribution in [3.63, 3.8) is 0 Å². The number of pyridine rings is 1. The lowest BCUT2D eigenvalue weighted by Crippen LogP contribution is -2.33. The van der Waals surface area contributed by atoms with Crippen molar-refractivity contribution < 1.29 is 0 Å². The van der Waals surface area contributed by atoms with Gasteiger partial charge < -0.3 is 11.1 Å². The van der Waals surface area contributed by atoms with Gasteiger partial charge in [0.05, 0.1) is 5.69 Å². The van der Waals surface area contributed by atoms with E-state index in [1.54, 1.807) is 6.07 Å². The van der Waals surface area contributed by atoms with Crippen molar-refractivity contribution in [2.75, 3.05) is 11.1 Å². The van der Waals surface area contributed by atoms with E-state index in [-0.39, 0.29) is 11.2 Å². The molecule has 4 heteroatoms. The van der Waals surface area contributed by atoms with E-state index in [2.05, 4.69) is 24.1 Å². The van der Waals surface area contributed by atoms with E-state index in [9.17, 15) is 0 Å². The molecule has 0 aliphatic heterocycles. The zero-order valence-corrected chi connectivity index (χ0v) is 9.62. The van der Waals surface area contributed by atoms with Crippen LogP contribution in [0.5, 0.6) is 0 Å². The third-order valence-electron chi connectivity index (χ3n) is 3.08. The second-order valence-electron chi connectivity index (χ2n) is 4.87. The van der Waals surface area contributed by atoms with Crippen LogP contribution in [0.4, 0.5) is 11.5 Å². The van der Waals surface area contributed by atoms with Crippen LogP contribution in [0.3, 0.4) is 0 Å². The van der Waals surface area contributed by atoms with Gasteiger partial charge >= 0.3 is 0 Å². The molecule has 0 bridgehead atoms. The van der Waals surface area contributed by atoms with Gasteiger partial charge in [-0.15, -0.1) is 0 Å². The third-order valence-corrected chi connectivity index (χ3v) is 3.08. The fourth-order valence-electron chi connectivity index (χ4n) is 1.87. The van der Waals surface area contributed by atoms with Crippen LogP contribution in [-0.4, -0.2) is 10.5 Å². The molecule has 1 aliphatic carbocycles. The Hall–Kier alpha value is -1.76. The van der Waals surface area contributed by atoms with Crippen LogP contribution in [0.2, 0.25) is 0 Å². The lowest BCUT2D eigenvalue weighted by Gasteiger charge is -2.26. The van der Waals surface area contributed by atoms with Gasteiger partial charge in [-0.1, -0.05) is 0 Å². The maximum atomic E-state index is 8.84. The van der Waals surface area contributed by atoms with Crippen molar-refractivity contribution in [1.29, 1.82) is 5.26 Å². The lowest BCUT2D eigenvalue weighted by atomic mass is 9.99. The molecule has 0 atom stereocenters. The monoisotopic (exact) mass is 216 g/mol. The first kappa shape index (κ1) is 10.7. The Morgan fingerprint density at radius 2 is 2.19 bits per heavy atom. The molecule has 2 rings (SSSR count). The molecule has 1 aliphatic rings. The molecule has 1 saturated carbocycles. The van der Waals surface area contributed by atoms with Crippen molar-refractivity contribution in [3.8, 4) is 6.07 Å². The van der Waals surface area contributed by atoms with Crippen molar-refractivity contribution in [2.24, 2.45) is 5.92 Å². The Morgan fingerprint density at radius 1 is 1.50 bits per heavy atom. The van der Waals surface area contributed by atoms with Crippen molar-refractivity contribution >= 4 is 11.5 Å². The summed E-state index contributed by atoms with van der Waals surface area (Å²) in [6, 6.07) is 5.53. The fraction of sp³-hybridized carbons (Fsp3) is 0.500. The fourth-order valence-corrected chi connectivity index (χ4v) is 1.87. The number of nitrogens with two attached hydrogens (primary N) is 1. The average Bonchev–Trinajstić information content (AvgIpc) is 3.04. The molecule has 1 fully saturated rings. The number of nitrogen functional groups attached to an aromatic ring is 1. The number of anilines is 2. The molecule has 0 spiro atoms. The van der Waals surface area contributed by atoms with E-state index in [0.29, 0.717) is 11.6 Å². The first-order chi connectivity index (χ1) is 7.53. The molecule has 0 radical (unpaired) electrons. The van der Waals surface area contributed by atoms with Gasteiger partial charge in [0.2, 0.25) is 0 Å². The van der Waals surface area contributed by atoms with Crippen LogP contribution in [0, 0.1) is 17.2 Å². The lowest BCUT2D eigenvalue weighted by molar-refractivity contribution is 0.492. The van der Waals surface area contributed by atoms with Gasteiger partial charge in [-0.3, -0.25) is 0 Å². The zero-order valence-electron chi connectivity index (χ0n) is 9.62. The van der Waals surface area contributed by atoms with Gasteiger partial charge in [-0.25, -0.2) is 4.98 Å². The third kappa shape index (κ3) is 2.08. The van der Waals surface area contributed by atoms with Gasteiger partial charge in [0.25, 0.3) is 0 Å². The Morgan fingerprint density at radius 3 is 2.75 bits per heavy atom. The second-order valence-corrected chi connectivity index (χ2v) is 4.87. The first-order valence-electron chi connectivity index (χ1n) is 5.48. The number of rotatable bonds is 3. The highest BCUT2D eigenvalue weighted by molar-refractivity contribution is 5.55. The van der Waals surface area contributed by atoms with Crippen LogP contribution in [-0.2, 0) is 0 Å². The highest BCUT2D eigenvalue weighted by Gasteiger charge is 2.37. The molecule has 84 valence electrons.